The average Bonchev–Trinajstić information content (AvgIpc) is 2.44. The normalized spacial score (nSPS) is 12.1. The molecule has 100 valence electrons. The van der Waals surface area contributed by atoms with Crippen molar-refractivity contribution in [1.29, 1.82) is 0 Å². The molecule has 1 unspecified atom stereocenters. The minimum Gasteiger partial charge on any atom is -0.467 e. The summed E-state index contributed by atoms with van der Waals surface area (Å²) in [5, 5.41) is 3.50. The van der Waals surface area contributed by atoms with E-state index in [1.54, 1.807) is 0 Å². The number of amides is 1. The van der Waals surface area contributed by atoms with Crippen molar-refractivity contribution in [2.75, 3.05) is 13.2 Å². The number of ether oxygens (including phenoxy) is 1. The molecule has 0 aliphatic rings. The highest BCUT2D eigenvalue weighted by Gasteiger charge is 2.09. The number of fused-ring (bicyclic) bond motifs is 1. The standard InChI is InChI=1S/C13H16N4O2/c1-9(6-14)17-12(18)7-19-13-10-4-2-3-5-11(10)15-8-16-13/h2-5,8-9H,6-7,14H2,1H3,(H,17,18). The summed E-state index contributed by atoms with van der Waals surface area (Å²) in [6.45, 7) is 2.13. The number of benzene rings is 1. The van der Waals surface area contributed by atoms with Crippen LogP contribution in [0, 0.1) is 0 Å². The topological polar surface area (TPSA) is 90.1 Å². The van der Waals surface area contributed by atoms with Crippen LogP contribution in [0.25, 0.3) is 10.9 Å². The largest absolute Gasteiger partial charge is 0.467 e. The molecule has 0 aliphatic carbocycles. The zero-order valence-corrected chi connectivity index (χ0v) is 10.7. The van der Waals surface area contributed by atoms with Crippen molar-refractivity contribution < 1.29 is 9.53 Å². The maximum absolute atomic E-state index is 11.6. The SMILES string of the molecule is CC(CN)NC(=O)COc1ncnc2ccccc12. The Bertz CT molecular complexity index is 568. The van der Waals surface area contributed by atoms with E-state index in [-0.39, 0.29) is 18.6 Å². The van der Waals surface area contributed by atoms with E-state index in [9.17, 15) is 4.79 Å². The van der Waals surface area contributed by atoms with Gasteiger partial charge in [-0.15, -0.1) is 0 Å². The molecular weight excluding hydrogens is 244 g/mol. The third kappa shape index (κ3) is 3.38. The fourth-order valence-electron chi connectivity index (χ4n) is 1.60. The maximum Gasteiger partial charge on any atom is 0.258 e. The fourth-order valence-corrected chi connectivity index (χ4v) is 1.60. The maximum atomic E-state index is 11.6. The molecule has 0 radical (unpaired) electrons. The van der Waals surface area contributed by atoms with Gasteiger partial charge in [0.1, 0.15) is 6.33 Å². The molecule has 0 bridgehead atoms. The van der Waals surface area contributed by atoms with E-state index >= 15 is 0 Å². The van der Waals surface area contributed by atoms with E-state index in [1.807, 2.05) is 31.2 Å². The summed E-state index contributed by atoms with van der Waals surface area (Å²) < 4.78 is 5.42. The summed E-state index contributed by atoms with van der Waals surface area (Å²) >= 11 is 0. The van der Waals surface area contributed by atoms with Crippen LogP contribution in [0.5, 0.6) is 5.88 Å². The van der Waals surface area contributed by atoms with Gasteiger partial charge in [0.05, 0.1) is 10.9 Å². The Morgan fingerprint density at radius 2 is 2.21 bits per heavy atom. The first-order valence-electron chi connectivity index (χ1n) is 6.02. The first-order valence-corrected chi connectivity index (χ1v) is 6.02. The molecule has 1 aromatic heterocycles. The summed E-state index contributed by atoms with van der Waals surface area (Å²) in [5.41, 5.74) is 6.21. The van der Waals surface area contributed by atoms with Gasteiger partial charge in [-0.05, 0) is 19.1 Å². The van der Waals surface area contributed by atoms with E-state index < -0.39 is 0 Å². The Balaban J connectivity index is 2.04. The Labute approximate surface area is 111 Å². The summed E-state index contributed by atoms with van der Waals surface area (Å²) in [5.74, 6) is 0.182. The summed E-state index contributed by atoms with van der Waals surface area (Å²) in [7, 11) is 0. The van der Waals surface area contributed by atoms with Crippen LogP contribution in [0.4, 0.5) is 0 Å². The lowest BCUT2D eigenvalue weighted by Crippen LogP contribution is -2.40. The van der Waals surface area contributed by atoms with Crippen molar-refractivity contribution in [2.45, 2.75) is 13.0 Å². The second kappa shape index (κ2) is 6.10. The minimum absolute atomic E-state index is 0.0711. The van der Waals surface area contributed by atoms with Gasteiger partial charge in [-0.1, -0.05) is 12.1 Å². The third-order valence-corrected chi connectivity index (χ3v) is 2.61. The molecule has 0 saturated heterocycles. The predicted octanol–water partition coefficient (Wildman–Crippen LogP) is 0.472. The zero-order valence-electron chi connectivity index (χ0n) is 10.7. The van der Waals surface area contributed by atoms with Crippen molar-refractivity contribution in [1.82, 2.24) is 15.3 Å². The summed E-state index contributed by atoms with van der Waals surface area (Å²) in [4.78, 5) is 19.7. The van der Waals surface area contributed by atoms with Crippen molar-refractivity contribution in [2.24, 2.45) is 5.73 Å². The Morgan fingerprint density at radius 1 is 1.42 bits per heavy atom. The first kappa shape index (κ1) is 13.2. The number of nitrogens with two attached hydrogens (primary N) is 1. The highest BCUT2D eigenvalue weighted by Crippen LogP contribution is 2.20. The monoisotopic (exact) mass is 260 g/mol. The van der Waals surface area contributed by atoms with E-state index in [1.165, 1.54) is 6.33 Å². The first-order chi connectivity index (χ1) is 9.20. The predicted molar refractivity (Wildman–Crippen MR) is 71.7 cm³/mol. The molecule has 1 atom stereocenters. The Hall–Kier alpha value is -2.21. The van der Waals surface area contributed by atoms with Gasteiger partial charge in [-0.2, -0.15) is 0 Å². The van der Waals surface area contributed by atoms with Gasteiger partial charge < -0.3 is 15.8 Å². The van der Waals surface area contributed by atoms with Crippen LogP contribution in [-0.2, 0) is 4.79 Å². The second-order valence-electron chi connectivity index (χ2n) is 4.19. The lowest BCUT2D eigenvalue weighted by atomic mass is 10.2. The lowest BCUT2D eigenvalue weighted by molar-refractivity contribution is -0.123. The minimum atomic E-state index is -0.222. The van der Waals surface area contributed by atoms with E-state index in [4.69, 9.17) is 10.5 Å². The van der Waals surface area contributed by atoms with Crippen LogP contribution in [0.3, 0.4) is 0 Å². The number of hydrogen-bond donors (Lipinski definition) is 2. The molecule has 0 fully saturated rings. The number of carbonyl (C=O) groups is 1. The van der Waals surface area contributed by atoms with Crippen molar-refractivity contribution in [3.63, 3.8) is 0 Å². The van der Waals surface area contributed by atoms with Gasteiger partial charge in [-0.3, -0.25) is 4.79 Å². The second-order valence-corrected chi connectivity index (χ2v) is 4.19. The lowest BCUT2D eigenvalue weighted by Gasteiger charge is -2.12. The van der Waals surface area contributed by atoms with Crippen LogP contribution in [-0.4, -0.2) is 35.1 Å². The van der Waals surface area contributed by atoms with Crippen LogP contribution in [0.1, 0.15) is 6.92 Å². The molecule has 0 saturated carbocycles. The van der Waals surface area contributed by atoms with Crippen LogP contribution < -0.4 is 15.8 Å². The number of aromatic nitrogens is 2. The van der Waals surface area contributed by atoms with Crippen molar-refractivity contribution >= 4 is 16.8 Å². The molecule has 3 N–H and O–H groups in total. The molecular formula is C13H16N4O2. The molecule has 1 aromatic carbocycles. The highest BCUT2D eigenvalue weighted by molar-refractivity contribution is 5.84. The summed E-state index contributed by atoms with van der Waals surface area (Å²) in [6.07, 6.45) is 1.41. The molecule has 0 aliphatic heterocycles. The molecule has 1 heterocycles. The average molecular weight is 260 g/mol. The molecule has 6 heteroatoms. The van der Waals surface area contributed by atoms with Crippen LogP contribution in [0.15, 0.2) is 30.6 Å². The quantitative estimate of drug-likeness (QED) is 0.815. The summed E-state index contributed by atoms with van der Waals surface area (Å²) in [6, 6.07) is 7.40. The number of hydrogen-bond acceptors (Lipinski definition) is 5. The molecule has 19 heavy (non-hydrogen) atoms. The number of nitrogens with one attached hydrogen (secondary N) is 1. The molecule has 2 aromatic rings. The van der Waals surface area contributed by atoms with Gasteiger partial charge in [0.2, 0.25) is 5.88 Å². The smallest absolute Gasteiger partial charge is 0.258 e. The van der Waals surface area contributed by atoms with Crippen LogP contribution >= 0.6 is 0 Å². The van der Waals surface area contributed by atoms with Gasteiger partial charge >= 0.3 is 0 Å². The van der Waals surface area contributed by atoms with E-state index in [2.05, 4.69) is 15.3 Å². The fraction of sp³-hybridized carbons (Fsp3) is 0.308. The number of nitrogens with zero attached hydrogens (tertiary/aromatic N) is 2. The van der Waals surface area contributed by atoms with E-state index in [0.717, 1.165) is 10.9 Å². The zero-order chi connectivity index (χ0) is 13.7. The van der Waals surface area contributed by atoms with Crippen molar-refractivity contribution in [3.05, 3.63) is 30.6 Å². The molecule has 2 rings (SSSR count). The Kier molecular flexibility index (Phi) is 4.25. The Morgan fingerprint density at radius 3 is 3.00 bits per heavy atom. The molecule has 1 amide bonds. The van der Waals surface area contributed by atoms with E-state index in [0.29, 0.717) is 12.4 Å². The highest BCUT2D eigenvalue weighted by atomic mass is 16.5. The van der Waals surface area contributed by atoms with Gasteiger partial charge in [0, 0.05) is 12.6 Å². The molecule has 6 nitrogen and oxygen atoms in total. The van der Waals surface area contributed by atoms with Crippen molar-refractivity contribution in [3.8, 4) is 5.88 Å². The van der Waals surface area contributed by atoms with Gasteiger partial charge in [0.25, 0.3) is 5.91 Å². The van der Waals surface area contributed by atoms with Crippen LogP contribution in [0.2, 0.25) is 0 Å². The number of rotatable bonds is 5. The van der Waals surface area contributed by atoms with Gasteiger partial charge in [-0.25, -0.2) is 9.97 Å². The molecule has 0 spiro atoms. The third-order valence-electron chi connectivity index (χ3n) is 2.61. The van der Waals surface area contributed by atoms with Gasteiger partial charge in [0.15, 0.2) is 6.61 Å². The number of carbonyl (C=O) groups excluding carboxylic acids is 1. The number of para-hydroxylation sites is 1.